The van der Waals surface area contributed by atoms with Crippen LogP contribution in [-0.4, -0.2) is 33.0 Å². The summed E-state index contributed by atoms with van der Waals surface area (Å²) in [6.45, 7) is -0.0908. The Hall–Kier alpha value is -2.74. The Morgan fingerprint density at radius 2 is 2.08 bits per heavy atom. The number of thiophene rings is 1. The van der Waals surface area contributed by atoms with Crippen LogP contribution in [0, 0.1) is 0 Å². The number of hydrogen-bond donors (Lipinski definition) is 2. The second kappa shape index (κ2) is 6.64. The number of fused-ring (bicyclic) bond motifs is 2. The van der Waals surface area contributed by atoms with Crippen molar-refractivity contribution in [1.29, 1.82) is 0 Å². The van der Waals surface area contributed by atoms with Gasteiger partial charge in [0.1, 0.15) is 5.82 Å². The van der Waals surface area contributed by atoms with E-state index in [0.29, 0.717) is 16.3 Å². The average molecular weight is 355 g/mol. The number of nitrogens with one attached hydrogen (secondary N) is 2. The first-order valence-corrected chi connectivity index (χ1v) is 9.01. The van der Waals surface area contributed by atoms with Gasteiger partial charge in [0.05, 0.1) is 17.6 Å². The van der Waals surface area contributed by atoms with Crippen LogP contribution < -0.4 is 10.6 Å². The summed E-state index contributed by atoms with van der Waals surface area (Å²) in [5.74, 6) is 0.00650. The Morgan fingerprint density at radius 1 is 1.20 bits per heavy atom. The molecule has 1 aliphatic carbocycles. The van der Waals surface area contributed by atoms with Gasteiger partial charge in [0.2, 0.25) is 5.91 Å². The van der Waals surface area contributed by atoms with E-state index in [1.165, 1.54) is 39.1 Å². The van der Waals surface area contributed by atoms with Crippen molar-refractivity contribution in [3.05, 3.63) is 45.9 Å². The summed E-state index contributed by atoms with van der Waals surface area (Å²) >= 11 is 1.54. The first kappa shape index (κ1) is 15.8. The number of amides is 2. The van der Waals surface area contributed by atoms with Crippen LogP contribution in [0.4, 0.5) is 5.82 Å². The van der Waals surface area contributed by atoms with Gasteiger partial charge < -0.3 is 10.6 Å². The van der Waals surface area contributed by atoms with Crippen molar-refractivity contribution in [2.75, 3.05) is 11.9 Å². The molecule has 25 heavy (non-hydrogen) atoms. The Morgan fingerprint density at radius 3 is 2.96 bits per heavy atom. The molecule has 0 spiro atoms. The lowest BCUT2D eigenvalue weighted by Gasteiger charge is -2.08. The fourth-order valence-electron chi connectivity index (χ4n) is 2.97. The van der Waals surface area contributed by atoms with Gasteiger partial charge in [-0.2, -0.15) is 9.61 Å². The van der Waals surface area contributed by atoms with E-state index in [9.17, 15) is 9.59 Å². The molecule has 0 aromatic carbocycles. The minimum atomic E-state index is -0.308. The molecule has 3 aromatic rings. The molecule has 1 aliphatic rings. The fourth-order valence-corrected chi connectivity index (χ4v) is 4.14. The zero-order valence-corrected chi connectivity index (χ0v) is 14.3. The zero-order chi connectivity index (χ0) is 17.2. The molecular formula is C17H17N5O2S. The number of aromatic nitrogens is 3. The molecule has 7 nitrogen and oxygen atoms in total. The third-order valence-corrected chi connectivity index (χ3v) is 5.42. The van der Waals surface area contributed by atoms with Crippen molar-refractivity contribution in [3.63, 3.8) is 0 Å². The maximum Gasteiger partial charge on any atom is 0.261 e. The Bertz CT molecular complexity index is 922. The summed E-state index contributed by atoms with van der Waals surface area (Å²) in [7, 11) is 0. The highest BCUT2D eigenvalue weighted by Crippen LogP contribution is 2.29. The van der Waals surface area contributed by atoms with Gasteiger partial charge in [0, 0.05) is 17.1 Å². The molecule has 0 atom stereocenters. The Labute approximate surface area is 148 Å². The molecule has 3 heterocycles. The van der Waals surface area contributed by atoms with E-state index < -0.39 is 0 Å². The molecule has 8 heteroatoms. The number of hydrogen-bond acceptors (Lipinski definition) is 5. The summed E-state index contributed by atoms with van der Waals surface area (Å²) < 4.78 is 1.53. The van der Waals surface area contributed by atoms with Crippen molar-refractivity contribution < 1.29 is 9.59 Å². The highest BCUT2D eigenvalue weighted by atomic mass is 32.1. The van der Waals surface area contributed by atoms with Crippen LogP contribution >= 0.6 is 11.3 Å². The molecule has 128 valence electrons. The smallest absolute Gasteiger partial charge is 0.261 e. The second-order valence-electron chi connectivity index (χ2n) is 5.93. The largest absolute Gasteiger partial charge is 0.342 e. The summed E-state index contributed by atoms with van der Waals surface area (Å²) in [5, 5.41) is 9.53. The molecule has 0 aliphatic heterocycles. The molecule has 0 saturated heterocycles. The topological polar surface area (TPSA) is 88.4 Å². The summed E-state index contributed by atoms with van der Waals surface area (Å²) in [4.78, 5) is 30.5. The van der Waals surface area contributed by atoms with Crippen molar-refractivity contribution >= 4 is 34.6 Å². The lowest BCUT2D eigenvalue weighted by Crippen LogP contribution is -2.32. The number of carbonyl (C=O) groups excluding carboxylic acids is 2. The molecule has 0 unspecified atom stereocenters. The molecular weight excluding hydrogens is 338 g/mol. The summed E-state index contributed by atoms with van der Waals surface area (Å²) in [6.07, 6.45) is 7.67. The molecule has 2 N–H and O–H groups in total. The van der Waals surface area contributed by atoms with Crippen LogP contribution in [0.2, 0.25) is 0 Å². The van der Waals surface area contributed by atoms with E-state index in [-0.39, 0.29) is 18.4 Å². The first-order chi connectivity index (χ1) is 12.2. The normalized spacial score (nSPS) is 13.4. The standard InChI is InChI=1S/C17H17N5O2S/c23-16(21-15-5-7-18-14-6-8-20-22(14)15)10-19-17(24)13-9-11-3-1-2-4-12(11)25-13/h5-9H,1-4,10H2,(H,19,24)(H,21,23). The minimum Gasteiger partial charge on any atom is -0.342 e. The quantitative estimate of drug-likeness (QED) is 0.750. The number of anilines is 1. The van der Waals surface area contributed by atoms with E-state index in [2.05, 4.69) is 20.7 Å². The van der Waals surface area contributed by atoms with Crippen LogP contribution in [0.5, 0.6) is 0 Å². The predicted octanol–water partition coefficient (Wildman–Crippen LogP) is 2.04. The first-order valence-electron chi connectivity index (χ1n) is 8.19. The van der Waals surface area contributed by atoms with Gasteiger partial charge in [-0.3, -0.25) is 9.59 Å². The third-order valence-electron chi connectivity index (χ3n) is 4.19. The van der Waals surface area contributed by atoms with Gasteiger partial charge in [-0.05, 0) is 43.4 Å². The van der Waals surface area contributed by atoms with Gasteiger partial charge in [0.15, 0.2) is 5.65 Å². The van der Waals surface area contributed by atoms with E-state index in [1.54, 1.807) is 24.5 Å². The highest BCUT2D eigenvalue weighted by molar-refractivity contribution is 7.14. The summed E-state index contributed by atoms with van der Waals surface area (Å²) in [6, 6.07) is 5.37. The SMILES string of the molecule is O=C(CNC(=O)c1cc2c(s1)CCCC2)Nc1ccnc2ccnn12. The maximum atomic E-state index is 12.3. The lowest BCUT2D eigenvalue weighted by molar-refractivity contribution is -0.115. The van der Waals surface area contributed by atoms with Crippen molar-refractivity contribution in [3.8, 4) is 0 Å². The van der Waals surface area contributed by atoms with E-state index in [0.717, 1.165) is 12.8 Å². The molecule has 0 fully saturated rings. The molecule has 4 rings (SSSR count). The van der Waals surface area contributed by atoms with Gasteiger partial charge >= 0.3 is 0 Å². The second-order valence-corrected chi connectivity index (χ2v) is 7.07. The number of nitrogens with zero attached hydrogens (tertiary/aromatic N) is 3. The molecule has 0 radical (unpaired) electrons. The van der Waals surface area contributed by atoms with Crippen molar-refractivity contribution in [1.82, 2.24) is 19.9 Å². The molecule has 2 amide bonds. The summed E-state index contributed by atoms with van der Waals surface area (Å²) in [5.41, 5.74) is 1.93. The average Bonchev–Trinajstić information content (AvgIpc) is 3.26. The number of rotatable bonds is 4. The van der Waals surface area contributed by atoms with Gasteiger partial charge in [-0.1, -0.05) is 0 Å². The Balaban J connectivity index is 1.37. The van der Waals surface area contributed by atoms with Crippen LogP contribution in [0.3, 0.4) is 0 Å². The molecule has 3 aromatic heterocycles. The highest BCUT2D eigenvalue weighted by Gasteiger charge is 2.17. The van der Waals surface area contributed by atoms with Crippen LogP contribution in [-0.2, 0) is 17.6 Å². The predicted molar refractivity (Wildman–Crippen MR) is 94.9 cm³/mol. The zero-order valence-electron chi connectivity index (χ0n) is 13.5. The number of carbonyl (C=O) groups is 2. The minimum absolute atomic E-state index is 0.0908. The van der Waals surface area contributed by atoms with Crippen LogP contribution in [0.1, 0.15) is 33.0 Å². The number of aryl methyl sites for hydroxylation is 2. The third kappa shape index (κ3) is 3.25. The van der Waals surface area contributed by atoms with Crippen molar-refractivity contribution in [2.24, 2.45) is 0 Å². The van der Waals surface area contributed by atoms with Gasteiger partial charge in [-0.15, -0.1) is 11.3 Å². The maximum absolute atomic E-state index is 12.3. The lowest BCUT2D eigenvalue weighted by atomic mass is 9.99. The van der Waals surface area contributed by atoms with E-state index in [4.69, 9.17) is 0 Å². The van der Waals surface area contributed by atoms with Gasteiger partial charge in [0.25, 0.3) is 5.91 Å². The molecule has 0 saturated carbocycles. The van der Waals surface area contributed by atoms with E-state index >= 15 is 0 Å². The fraction of sp³-hybridized carbons (Fsp3) is 0.294. The molecule has 0 bridgehead atoms. The van der Waals surface area contributed by atoms with Crippen molar-refractivity contribution in [2.45, 2.75) is 25.7 Å². The monoisotopic (exact) mass is 355 g/mol. The van der Waals surface area contributed by atoms with E-state index in [1.807, 2.05) is 6.07 Å². The van der Waals surface area contributed by atoms with Crippen LogP contribution in [0.15, 0.2) is 30.6 Å². The Kier molecular flexibility index (Phi) is 4.19. The van der Waals surface area contributed by atoms with Gasteiger partial charge in [-0.25, -0.2) is 4.98 Å². The van der Waals surface area contributed by atoms with Crippen LogP contribution in [0.25, 0.3) is 5.65 Å².